The van der Waals surface area contributed by atoms with E-state index in [1.807, 2.05) is 59.7 Å². The summed E-state index contributed by atoms with van der Waals surface area (Å²) in [7, 11) is 0. The van der Waals surface area contributed by atoms with Gasteiger partial charge in [0.1, 0.15) is 22.9 Å². The lowest BCUT2D eigenvalue weighted by Crippen LogP contribution is -2.36. The van der Waals surface area contributed by atoms with Crippen molar-refractivity contribution in [3.05, 3.63) is 71.6 Å². The van der Waals surface area contributed by atoms with Crippen molar-refractivity contribution in [3.8, 4) is 23.0 Å². The van der Waals surface area contributed by atoms with Gasteiger partial charge < -0.3 is 19.4 Å². The minimum absolute atomic E-state index is 0.0495. The maximum atomic E-state index is 12.8. The van der Waals surface area contributed by atoms with Gasteiger partial charge in [-0.15, -0.1) is 0 Å². The number of hydrogen-bond donors (Lipinski definition) is 3. The number of H-pyrrole nitrogens is 2. The van der Waals surface area contributed by atoms with E-state index >= 15 is 0 Å². The molecule has 4 aromatic rings. The Hall–Kier alpha value is -4.62. The Morgan fingerprint density at radius 3 is 2.43 bits per heavy atom. The highest BCUT2D eigenvalue weighted by Gasteiger charge is 2.37. The van der Waals surface area contributed by atoms with Gasteiger partial charge in [-0.3, -0.25) is 15.0 Å². The molecule has 2 aromatic carbocycles. The van der Waals surface area contributed by atoms with Crippen molar-refractivity contribution in [2.45, 2.75) is 84.6 Å². The van der Waals surface area contributed by atoms with Gasteiger partial charge >= 0.3 is 12.1 Å². The zero-order valence-corrected chi connectivity index (χ0v) is 27.4. The smallest absolute Gasteiger partial charge is 0.410 e. The van der Waals surface area contributed by atoms with Gasteiger partial charge in [-0.1, -0.05) is 24.1 Å². The van der Waals surface area contributed by atoms with Crippen molar-refractivity contribution >= 4 is 23.1 Å². The second kappa shape index (κ2) is 12.3. The summed E-state index contributed by atoms with van der Waals surface area (Å²) in [6.45, 7) is 12.6. The molecule has 1 unspecified atom stereocenters. The number of benzene rings is 2. The summed E-state index contributed by atoms with van der Waals surface area (Å²) in [5, 5.41) is 3.27. The first-order valence-corrected chi connectivity index (χ1v) is 16.0. The maximum absolute atomic E-state index is 12.8. The zero-order chi connectivity index (χ0) is 32.6. The number of likely N-dealkylation sites (tertiary alicyclic amines) is 1. The number of nitrogens with zero attached hydrogens (tertiary/aromatic N) is 3. The third-order valence-corrected chi connectivity index (χ3v) is 8.22. The van der Waals surface area contributed by atoms with Crippen LogP contribution in [0, 0.1) is 17.3 Å². The van der Waals surface area contributed by atoms with E-state index in [9.17, 15) is 9.59 Å². The summed E-state index contributed by atoms with van der Waals surface area (Å²) in [5.41, 5.74) is 4.39. The van der Waals surface area contributed by atoms with Crippen LogP contribution in [0.3, 0.4) is 0 Å². The van der Waals surface area contributed by atoms with Crippen LogP contribution < -0.4 is 5.32 Å². The third-order valence-electron chi connectivity index (χ3n) is 8.22. The monoisotopic (exact) mass is 622 g/mol. The number of fused-ring (bicyclic) bond motifs is 1. The molecule has 0 aliphatic carbocycles. The number of aromatic amines is 2. The Balaban J connectivity index is 1.12. The minimum Gasteiger partial charge on any atom is -0.445 e. The lowest BCUT2D eigenvalue weighted by molar-refractivity contribution is -0.160. The topological polar surface area (TPSA) is 125 Å². The SMILES string of the molecule is CC(C)(C)OC(=O)N1CCC[C@H]1c1nc2ccc(-c3ccc(C#Cc4cnc([C@@H]5CCNC5OC(=O)C(C)(C)C)[nH]4)cc3)cc2[nH]1. The van der Waals surface area contributed by atoms with E-state index in [2.05, 4.69) is 56.4 Å². The molecule has 0 bridgehead atoms. The number of aromatic nitrogens is 4. The normalized spacial score (nSPS) is 20.0. The average molecular weight is 623 g/mol. The summed E-state index contributed by atoms with van der Waals surface area (Å²) < 4.78 is 11.4. The molecule has 6 rings (SSSR count). The number of ether oxygens (including phenoxy) is 2. The number of nitrogens with one attached hydrogen (secondary N) is 3. The molecular formula is C36H42N6O4. The molecule has 2 aliphatic heterocycles. The molecule has 4 heterocycles. The van der Waals surface area contributed by atoms with Crippen LogP contribution in [0.1, 0.15) is 95.7 Å². The van der Waals surface area contributed by atoms with Crippen LogP contribution in [0.5, 0.6) is 0 Å². The number of hydrogen-bond acceptors (Lipinski definition) is 7. The molecule has 0 radical (unpaired) electrons. The van der Waals surface area contributed by atoms with Crippen molar-refractivity contribution in [1.29, 1.82) is 0 Å². The number of esters is 1. The van der Waals surface area contributed by atoms with Crippen LogP contribution in [0.4, 0.5) is 4.79 Å². The number of imidazole rings is 2. The Bertz CT molecular complexity index is 1800. The highest BCUT2D eigenvalue weighted by Crippen LogP contribution is 2.34. The fraction of sp³-hybridized carbons (Fsp3) is 0.444. The first-order valence-electron chi connectivity index (χ1n) is 16.0. The molecule has 10 nitrogen and oxygen atoms in total. The van der Waals surface area contributed by atoms with Crippen molar-refractivity contribution < 1.29 is 19.1 Å². The lowest BCUT2D eigenvalue weighted by Gasteiger charge is -2.27. The number of amides is 1. The molecule has 2 aliphatic rings. The molecule has 46 heavy (non-hydrogen) atoms. The van der Waals surface area contributed by atoms with Crippen LogP contribution in [-0.4, -0.2) is 61.8 Å². The summed E-state index contributed by atoms with van der Waals surface area (Å²) in [6, 6.07) is 14.2. The molecule has 0 spiro atoms. The fourth-order valence-corrected chi connectivity index (χ4v) is 5.80. The van der Waals surface area contributed by atoms with Crippen LogP contribution in [0.15, 0.2) is 48.7 Å². The average Bonchev–Trinajstić information content (AvgIpc) is 3.80. The standard InChI is InChI=1S/C36H42N6O4/c1-35(2,3)33(43)45-32-26(17-18-37-32)30-38-21-25(39-30)15-11-22-9-12-23(13-10-22)24-14-16-27-28(20-24)41-31(40-27)29-8-7-19-42(29)34(44)46-36(4,5)6/h9-10,12-14,16,20-21,26,29,32,37H,7-8,17-19H2,1-6H3,(H,38,39)(H,40,41)/t26-,29-,32?/m0/s1. The van der Waals surface area contributed by atoms with E-state index in [0.717, 1.165) is 65.2 Å². The number of rotatable bonds is 4. The Labute approximate surface area is 269 Å². The van der Waals surface area contributed by atoms with E-state index in [-0.39, 0.29) is 24.0 Å². The first-order chi connectivity index (χ1) is 21.8. The van der Waals surface area contributed by atoms with Gasteiger partial charge in [-0.05, 0) is 109 Å². The predicted octanol–water partition coefficient (Wildman–Crippen LogP) is 6.42. The molecule has 10 heteroatoms. The van der Waals surface area contributed by atoms with Crippen molar-refractivity contribution in [1.82, 2.24) is 30.2 Å². The number of carbonyl (C=O) groups excluding carboxylic acids is 2. The predicted molar refractivity (Wildman–Crippen MR) is 176 cm³/mol. The highest BCUT2D eigenvalue weighted by atomic mass is 16.6. The second-order valence-electron chi connectivity index (χ2n) is 14.1. The van der Waals surface area contributed by atoms with Gasteiger partial charge in [-0.25, -0.2) is 14.8 Å². The van der Waals surface area contributed by atoms with Gasteiger partial charge in [0.15, 0.2) is 6.23 Å². The zero-order valence-electron chi connectivity index (χ0n) is 27.4. The molecule has 0 saturated carbocycles. The van der Waals surface area contributed by atoms with Gasteiger partial charge in [0, 0.05) is 12.1 Å². The van der Waals surface area contributed by atoms with Gasteiger partial charge in [-0.2, -0.15) is 0 Å². The molecule has 2 saturated heterocycles. The molecule has 240 valence electrons. The van der Waals surface area contributed by atoms with Crippen molar-refractivity contribution in [2.75, 3.05) is 13.1 Å². The van der Waals surface area contributed by atoms with Crippen LogP contribution in [-0.2, 0) is 14.3 Å². The van der Waals surface area contributed by atoms with Gasteiger partial charge in [0.05, 0.1) is 34.6 Å². The second-order valence-corrected chi connectivity index (χ2v) is 14.1. The lowest BCUT2D eigenvalue weighted by atomic mass is 9.97. The molecule has 3 N–H and O–H groups in total. The third kappa shape index (κ3) is 6.95. The van der Waals surface area contributed by atoms with Gasteiger partial charge in [0.25, 0.3) is 0 Å². The Morgan fingerprint density at radius 1 is 0.935 bits per heavy atom. The summed E-state index contributed by atoms with van der Waals surface area (Å²) in [4.78, 5) is 43.1. The quantitative estimate of drug-likeness (QED) is 0.177. The van der Waals surface area contributed by atoms with E-state index in [4.69, 9.17) is 14.5 Å². The van der Waals surface area contributed by atoms with E-state index < -0.39 is 17.2 Å². The summed E-state index contributed by atoms with van der Waals surface area (Å²) in [6.07, 6.45) is 3.60. The van der Waals surface area contributed by atoms with Crippen molar-refractivity contribution in [2.24, 2.45) is 5.41 Å². The molecule has 2 fully saturated rings. The summed E-state index contributed by atoms with van der Waals surface area (Å²) >= 11 is 0. The van der Waals surface area contributed by atoms with Crippen LogP contribution >= 0.6 is 0 Å². The Kier molecular flexibility index (Phi) is 8.38. The van der Waals surface area contributed by atoms with Crippen LogP contribution in [0.25, 0.3) is 22.2 Å². The largest absolute Gasteiger partial charge is 0.445 e. The summed E-state index contributed by atoms with van der Waals surface area (Å²) in [5.74, 6) is 7.65. The molecule has 1 amide bonds. The first kappa shape index (κ1) is 31.4. The van der Waals surface area contributed by atoms with Crippen molar-refractivity contribution in [3.63, 3.8) is 0 Å². The molecular weight excluding hydrogens is 580 g/mol. The van der Waals surface area contributed by atoms with E-state index in [1.54, 1.807) is 11.1 Å². The highest BCUT2D eigenvalue weighted by molar-refractivity contribution is 5.82. The van der Waals surface area contributed by atoms with E-state index in [0.29, 0.717) is 12.2 Å². The van der Waals surface area contributed by atoms with Crippen LogP contribution in [0.2, 0.25) is 0 Å². The minimum atomic E-state index is -0.568. The maximum Gasteiger partial charge on any atom is 0.410 e. The number of carbonyl (C=O) groups is 2. The fourth-order valence-electron chi connectivity index (χ4n) is 5.80. The molecule has 2 aromatic heterocycles. The van der Waals surface area contributed by atoms with Gasteiger partial charge in [0.2, 0.25) is 0 Å². The Morgan fingerprint density at radius 2 is 1.70 bits per heavy atom. The van der Waals surface area contributed by atoms with E-state index in [1.165, 1.54) is 0 Å². The molecule has 3 atom stereocenters.